The van der Waals surface area contributed by atoms with Gasteiger partial charge in [0.1, 0.15) is 0 Å². The largest absolute Gasteiger partial charge is 0.381 e. The maximum Gasteiger partial charge on any atom is 0.0601 e. The van der Waals surface area contributed by atoms with E-state index in [0.717, 1.165) is 23.9 Å². The summed E-state index contributed by atoms with van der Waals surface area (Å²) >= 11 is 0. The lowest BCUT2D eigenvalue weighted by molar-refractivity contribution is 0.0127. The fraction of sp³-hybridized carbons (Fsp3) is 1.00. The van der Waals surface area contributed by atoms with Crippen LogP contribution in [0.25, 0.3) is 0 Å². The van der Waals surface area contributed by atoms with Crippen molar-refractivity contribution in [2.24, 2.45) is 11.8 Å². The van der Waals surface area contributed by atoms with Gasteiger partial charge in [-0.3, -0.25) is 0 Å². The summed E-state index contributed by atoms with van der Waals surface area (Å²) < 4.78 is 5.29. The molecule has 3 unspecified atom stereocenters. The molecule has 82 valence electrons. The lowest BCUT2D eigenvalue weighted by Gasteiger charge is -2.37. The molecule has 2 aliphatic rings. The molecule has 14 heavy (non-hydrogen) atoms. The standard InChI is InChI=1S/C12H23NO/c1-8-4-5-12(9(8)2)13-10-6-11(7-10)14-3/h8-13H,4-7H2,1-3H3. The zero-order valence-corrected chi connectivity index (χ0v) is 9.62. The minimum absolute atomic E-state index is 0.529. The molecule has 0 heterocycles. The first-order valence-electron chi connectivity index (χ1n) is 5.99. The smallest absolute Gasteiger partial charge is 0.0601 e. The molecule has 0 aromatic carbocycles. The highest BCUT2D eigenvalue weighted by molar-refractivity contribution is 4.92. The maximum atomic E-state index is 5.29. The quantitative estimate of drug-likeness (QED) is 0.749. The van der Waals surface area contributed by atoms with Gasteiger partial charge in [0.05, 0.1) is 6.10 Å². The monoisotopic (exact) mass is 197 g/mol. The van der Waals surface area contributed by atoms with Gasteiger partial charge in [0.25, 0.3) is 0 Å². The van der Waals surface area contributed by atoms with Crippen LogP contribution in [0.2, 0.25) is 0 Å². The van der Waals surface area contributed by atoms with Crippen molar-refractivity contribution < 1.29 is 4.74 Å². The Hall–Kier alpha value is -0.0800. The second-order valence-electron chi connectivity index (χ2n) is 5.21. The second kappa shape index (κ2) is 4.19. The van der Waals surface area contributed by atoms with E-state index in [1.54, 1.807) is 0 Å². The Kier molecular flexibility index (Phi) is 3.13. The first kappa shape index (κ1) is 10.4. The zero-order valence-electron chi connectivity index (χ0n) is 9.62. The first-order chi connectivity index (χ1) is 6.70. The van der Waals surface area contributed by atoms with Crippen molar-refractivity contribution in [3.8, 4) is 0 Å². The Bertz CT molecular complexity index is 189. The molecule has 0 aliphatic heterocycles. The van der Waals surface area contributed by atoms with Crippen molar-refractivity contribution in [2.45, 2.75) is 57.7 Å². The highest BCUT2D eigenvalue weighted by Crippen LogP contribution is 2.33. The molecule has 2 saturated carbocycles. The van der Waals surface area contributed by atoms with Crippen molar-refractivity contribution in [1.82, 2.24) is 5.32 Å². The van der Waals surface area contributed by atoms with E-state index in [0.29, 0.717) is 6.10 Å². The third-order valence-electron chi connectivity index (χ3n) is 4.34. The summed E-state index contributed by atoms with van der Waals surface area (Å²) in [5.41, 5.74) is 0. The highest BCUT2D eigenvalue weighted by Gasteiger charge is 2.35. The minimum atomic E-state index is 0.529. The lowest BCUT2D eigenvalue weighted by Crippen LogP contribution is -2.50. The van der Waals surface area contributed by atoms with Crippen molar-refractivity contribution >= 4 is 0 Å². The normalized spacial score (nSPS) is 47.8. The van der Waals surface area contributed by atoms with E-state index in [1.165, 1.54) is 25.7 Å². The van der Waals surface area contributed by atoms with Crippen molar-refractivity contribution in [3.63, 3.8) is 0 Å². The maximum absolute atomic E-state index is 5.29. The molecule has 0 radical (unpaired) electrons. The van der Waals surface area contributed by atoms with Gasteiger partial charge in [0.15, 0.2) is 0 Å². The van der Waals surface area contributed by atoms with E-state index in [2.05, 4.69) is 19.2 Å². The molecule has 0 saturated heterocycles. The lowest BCUT2D eigenvalue weighted by atomic mass is 9.87. The van der Waals surface area contributed by atoms with Gasteiger partial charge in [0.2, 0.25) is 0 Å². The van der Waals surface area contributed by atoms with Crippen LogP contribution in [0.3, 0.4) is 0 Å². The first-order valence-corrected chi connectivity index (χ1v) is 5.99. The number of rotatable bonds is 3. The van der Waals surface area contributed by atoms with Crippen LogP contribution in [0.4, 0.5) is 0 Å². The highest BCUT2D eigenvalue weighted by atomic mass is 16.5. The van der Waals surface area contributed by atoms with Gasteiger partial charge in [-0.15, -0.1) is 0 Å². The van der Waals surface area contributed by atoms with Crippen molar-refractivity contribution in [3.05, 3.63) is 0 Å². The predicted octanol–water partition coefficient (Wildman–Crippen LogP) is 2.19. The minimum Gasteiger partial charge on any atom is -0.381 e. The predicted molar refractivity (Wildman–Crippen MR) is 58.3 cm³/mol. The molecule has 2 aliphatic carbocycles. The van der Waals surface area contributed by atoms with Gasteiger partial charge in [-0.05, 0) is 37.5 Å². The molecule has 2 heteroatoms. The van der Waals surface area contributed by atoms with Gasteiger partial charge in [-0.2, -0.15) is 0 Å². The molecule has 0 amide bonds. The summed E-state index contributed by atoms with van der Waals surface area (Å²) in [7, 11) is 1.82. The molecule has 2 nitrogen and oxygen atoms in total. The molecule has 0 spiro atoms. The molecule has 1 N–H and O–H groups in total. The third kappa shape index (κ3) is 1.96. The van der Waals surface area contributed by atoms with Crippen LogP contribution < -0.4 is 5.32 Å². The van der Waals surface area contributed by atoms with Crippen LogP contribution in [0.15, 0.2) is 0 Å². The zero-order chi connectivity index (χ0) is 10.1. The van der Waals surface area contributed by atoms with Crippen LogP contribution in [-0.2, 0) is 4.74 Å². The van der Waals surface area contributed by atoms with Gasteiger partial charge >= 0.3 is 0 Å². The SMILES string of the molecule is COC1CC(NC2CCC(C)C2C)C1. The number of ether oxygens (including phenoxy) is 1. The Balaban J connectivity index is 1.72. The molecule has 2 fully saturated rings. The average molecular weight is 197 g/mol. The molecular weight excluding hydrogens is 174 g/mol. The van der Waals surface area contributed by atoms with Crippen LogP contribution in [0, 0.1) is 11.8 Å². The Morgan fingerprint density at radius 3 is 2.36 bits per heavy atom. The molecular formula is C12H23NO. The van der Waals surface area contributed by atoms with Gasteiger partial charge in [-0.1, -0.05) is 13.8 Å². The fourth-order valence-electron chi connectivity index (χ4n) is 2.80. The van der Waals surface area contributed by atoms with Crippen molar-refractivity contribution in [2.75, 3.05) is 7.11 Å². The van der Waals surface area contributed by atoms with E-state index in [1.807, 2.05) is 7.11 Å². The van der Waals surface area contributed by atoms with E-state index >= 15 is 0 Å². The number of hydrogen-bond donors (Lipinski definition) is 1. The van der Waals surface area contributed by atoms with Crippen LogP contribution in [-0.4, -0.2) is 25.3 Å². The third-order valence-corrected chi connectivity index (χ3v) is 4.34. The summed E-state index contributed by atoms with van der Waals surface area (Å²) in [5.74, 6) is 1.77. The van der Waals surface area contributed by atoms with Crippen LogP contribution in [0.5, 0.6) is 0 Å². The summed E-state index contributed by atoms with van der Waals surface area (Å²) in [6.07, 6.45) is 5.74. The topological polar surface area (TPSA) is 21.3 Å². The molecule has 3 atom stereocenters. The summed E-state index contributed by atoms with van der Waals surface area (Å²) in [6, 6.07) is 1.51. The van der Waals surface area contributed by atoms with E-state index in [4.69, 9.17) is 4.74 Å². The van der Waals surface area contributed by atoms with Gasteiger partial charge in [0, 0.05) is 19.2 Å². The second-order valence-corrected chi connectivity index (χ2v) is 5.21. The van der Waals surface area contributed by atoms with Crippen LogP contribution >= 0.6 is 0 Å². The van der Waals surface area contributed by atoms with E-state index < -0.39 is 0 Å². The Morgan fingerprint density at radius 1 is 1.14 bits per heavy atom. The number of nitrogens with one attached hydrogen (secondary N) is 1. The number of hydrogen-bond acceptors (Lipinski definition) is 2. The van der Waals surface area contributed by atoms with Crippen molar-refractivity contribution in [1.29, 1.82) is 0 Å². The van der Waals surface area contributed by atoms with Gasteiger partial charge in [-0.25, -0.2) is 0 Å². The Labute approximate surface area is 87.4 Å². The fourth-order valence-corrected chi connectivity index (χ4v) is 2.80. The molecule has 0 aromatic heterocycles. The summed E-state index contributed by atoms with van der Waals surface area (Å²) in [4.78, 5) is 0. The summed E-state index contributed by atoms with van der Waals surface area (Å²) in [6.45, 7) is 4.77. The Morgan fingerprint density at radius 2 is 1.86 bits per heavy atom. The molecule has 0 bridgehead atoms. The summed E-state index contributed by atoms with van der Waals surface area (Å²) in [5, 5.41) is 3.78. The van der Waals surface area contributed by atoms with Gasteiger partial charge < -0.3 is 10.1 Å². The number of methoxy groups -OCH3 is 1. The van der Waals surface area contributed by atoms with E-state index in [-0.39, 0.29) is 0 Å². The average Bonchev–Trinajstić information content (AvgIpc) is 2.41. The van der Waals surface area contributed by atoms with Crippen LogP contribution in [0.1, 0.15) is 39.5 Å². The molecule has 0 aromatic rings. The van der Waals surface area contributed by atoms with E-state index in [9.17, 15) is 0 Å². The molecule has 2 rings (SSSR count).